The zero-order valence-corrected chi connectivity index (χ0v) is 16.8. The standard InChI is InChI=1S/C23H20ClFO2S/c24-19-9-12-21(13-10-19)28(26,27)23(16-17-5-2-1-3-6-17)14-4-7-18-8-11-20(25)15-22(18)23/h1-3,5-6,8-13,15H,4,7,14,16H2. The van der Waals surface area contributed by atoms with E-state index in [0.29, 0.717) is 23.4 Å². The SMILES string of the molecule is O=S(=O)(c1ccc(Cl)cc1)C1(Cc2ccccc2)CCCc2ccc(F)cc21. The number of halogens is 2. The predicted molar refractivity (Wildman–Crippen MR) is 110 cm³/mol. The lowest BCUT2D eigenvalue weighted by Gasteiger charge is -2.39. The highest BCUT2D eigenvalue weighted by atomic mass is 35.5. The highest BCUT2D eigenvalue weighted by Gasteiger charge is 2.48. The normalized spacial score (nSPS) is 19.2. The van der Waals surface area contributed by atoms with E-state index in [1.807, 2.05) is 30.3 Å². The lowest BCUT2D eigenvalue weighted by Crippen LogP contribution is -2.41. The van der Waals surface area contributed by atoms with E-state index in [1.54, 1.807) is 18.2 Å². The minimum absolute atomic E-state index is 0.213. The summed E-state index contributed by atoms with van der Waals surface area (Å²) in [6.07, 6.45) is 2.24. The van der Waals surface area contributed by atoms with Gasteiger partial charge in [-0.25, -0.2) is 12.8 Å². The molecule has 144 valence electrons. The summed E-state index contributed by atoms with van der Waals surface area (Å²) in [7, 11) is -3.79. The van der Waals surface area contributed by atoms with Crippen LogP contribution in [0.5, 0.6) is 0 Å². The highest BCUT2D eigenvalue weighted by Crippen LogP contribution is 2.47. The van der Waals surface area contributed by atoms with Crippen molar-refractivity contribution in [3.8, 4) is 0 Å². The summed E-state index contributed by atoms with van der Waals surface area (Å²) in [6, 6.07) is 20.3. The summed E-state index contributed by atoms with van der Waals surface area (Å²) >= 11 is 5.97. The van der Waals surface area contributed by atoms with Gasteiger partial charge >= 0.3 is 0 Å². The summed E-state index contributed by atoms with van der Waals surface area (Å²) in [4.78, 5) is 0.213. The first-order valence-electron chi connectivity index (χ1n) is 9.25. The van der Waals surface area contributed by atoms with Gasteiger partial charge in [0.25, 0.3) is 0 Å². The number of hydrogen-bond acceptors (Lipinski definition) is 2. The molecule has 0 saturated carbocycles. The van der Waals surface area contributed by atoms with Gasteiger partial charge in [0.05, 0.1) is 4.90 Å². The average Bonchev–Trinajstić information content (AvgIpc) is 2.69. The Hall–Kier alpha value is -2.17. The molecule has 3 aromatic carbocycles. The van der Waals surface area contributed by atoms with Gasteiger partial charge in [-0.2, -0.15) is 0 Å². The Morgan fingerprint density at radius 2 is 1.68 bits per heavy atom. The van der Waals surface area contributed by atoms with Crippen LogP contribution in [0, 0.1) is 5.82 Å². The largest absolute Gasteiger partial charge is 0.223 e. The molecule has 1 aliphatic rings. The van der Waals surface area contributed by atoms with Crippen LogP contribution < -0.4 is 0 Å². The number of rotatable bonds is 4. The van der Waals surface area contributed by atoms with E-state index in [9.17, 15) is 12.8 Å². The first-order chi connectivity index (χ1) is 13.4. The maximum absolute atomic E-state index is 14.2. The molecule has 0 bridgehead atoms. The molecule has 4 rings (SSSR count). The summed E-state index contributed by atoms with van der Waals surface area (Å²) < 4.78 is 40.9. The van der Waals surface area contributed by atoms with Crippen LogP contribution in [0.3, 0.4) is 0 Å². The van der Waals surface area contributed by atoms with Gasteiger partial charge < -0.3 is 0 Å². The molecular weight excluding hydrogens is 395 g/mol. The average molecular weight is 415 g/mol. The number of fused-ring (bicyclic) bond motifs is 1. The Morgan fingerprint density at radius 3 is 2.39 bits per heavy atom. The molecule has 0 heterocycles. The molecule has 2 nitrogen and oxygen atoms in total. The van der Waals surface area contributed by atoms with Gasteiger partial charge in [0, 0.05) is 5.02 Å². The van der Waals surface area contributed by atoms with Gasteiger partial charge in [-0.15, -0.1) is 0 Å². The molecule has 0 saturated heterocycles. The minimum Gasteiger partial charge on any atom is -0.223 e. The van der Waals surface area contributed by atoms with Crippen LogP contribution in [0.25, 0.3) is 0 Å². The summed E-state index contributed by atoms with van der Waals surface area (Å²) in [5.74, 6) is -0.413. The van der Waals surface area contributed by atoms with Crippen molar-refractivity contribution < 1.29 is 12.8 Å². The Morgan fingerprint density at radius 1 is 0.964 bits per heavy atom. The van der Waals surface area contributed by atoms with Crippen LogP contribution in [-0.4, -0.2) is 8.42 Å². The van der Waals surface area contributed by atoms with Gasteiger partial charge in [-0.1, -0.05) is 48.0 Å². The van der Waals surface area contributed by atoms with Gasteiger partial charge in [0.2, 0.25) is 0 Å². The molecule has 3 aromatic rings. The second kappa shape index (κ2) is 7.34. The predicted octanol–water partition coefficient (Wildman–Crippen LogP) is 5.73. The van der Waals surface area contributed by atoms with Crippen LogP contribution in [0.15, 0.2) is 77.7 Å². The first-order valence-corrected chi connectivity index (χ1v) is 11.1. The molecule has 5 heteroatoms. The van der Waals surface area contributed by atoms with Crippen molar-refractivity contribution in [2.24, 2.45) is 0 Å². The number of sulfone groups is 1. The molecule has 1 aliphatic carbocycles. The number of aryl methyl sites for hydroxylation is 1. The fourth-order valence-electron chi connectivity index (χ4n) is 4.21. The van der Waals surface area contributed by atoms with Crippen LogP contribution >= 0.6 is 11.6 Å². The van der Waals surface area contributed by atoms with E-state index >= 15 is 0 Å². The fraction of sp³-hybridized carbons (Fsp3) is 0.217. The molecule has 0 aromatic heterocycles. The van der Waals surface area contributed by atoms with Gasteiger partial charge in [-0.05, 0) is 78.8 Å². The third kappa shape index (κ3) is 3.25. The minimum atomic E-state index is -3.79. The molecule has 1 unspecified atom stereocenters. The van der Waals surface area contributed by atoms with Gasteiger partial charge in [-0.3, -0.25) is 0 Å². The van der Waals surface area contributed by atoms with Crippen molar-refractivity contribution >= 4 is 21.4 Å². The maximum atomic E-state index is 14.2. The summed E-state index contributed by atoms with van der Waals surface area (Å²) in [6.45, 7) is 0. The van der Waals surface area contributed by atoms with Crippen molar-refractivity contribution in [3.05, 3.63) is 100 Å². The Kier molecular flexibility index (Phi) is 5.02. The Balaban J connectivity index is 1.96. The smallest absolute Gasteiger partial charge is 0.188 e. The molecular formula is C23H20ClFO2S. The van der Waals surface area contributed by atoms with Crippen LogP contribution in [0.4, 0.5) is 4.39 Å². The van der Waals surface area contributed by atoms with Crippen molar-refractivity contribution in [3.63, 3.8) is 0 Å². The molecule has 0 spiro atoms. The third-order valence-corrected chi connectivity index (χ3v) is 8.30. The zero-order chi connectivity index (χ0) is 19.8. The van der Waals surface area contributed by atoms with Crippen LogP contribution in [-0.2, 0) is 27.4 Å². The lowest BCUT2D eigenvalue weighted by molar-refractivity contribution is 0.450. The van der Waals surface area contributed by atoms with Crippen molar-refractivity contribution in [1.29, 1.82) is 0 Å². The number of hydrogen-bond donors (Lipinski definition) is 0. The van der Waals surface area contributed by atoms with E-state index in [2.05, 4.69) is 0 Å². The highest BCUT2D eigenvalue weighted by molar-refractivity contribution is 7.92. The van der Waals surface area contributed by atoms with E-state index in [4.69, 9.17) is 11.6 Å². The monoisotopic (exact) mass is 414 g/mol. The molecule has 1 atom stereocenters. The Labute approximate surface area is 169 Å². The van der Waals surface area contributed by atoms with Crippen molar-refractivity contribution in [2.75, 3.05) is 0 Å². The van der Waals surface area contributed by atoms with Gasteiger partial charge in [0.1, 0.15) is 10.6 Å². The molecule has 28 heavy (non-hydrogen) atoms. The second-order valence-corrected chi connectivity index (χ2v) is 9.97. The molecule has 0 aliphatic heterocycles. The summed E-state index contributed by atoms with van der Waals surface area (Å²) in [5, 5.41) is 0.478. The van der Waals surface area contributed by atoms with Crippen LogP contribution in [0.1, 0.15) is 29.5 Å². The van der Waals surface area contributed by atoms with E-state index in [1.165, 1.54) is 24.3 Å². The zero-order valence-electron chi connectivity index (χ0n) is 15.2. The van der Waals surface area contributed by atoms with E-state index in [0.717, 1.165) is 24.0 Å². The second-order valence-electron chi connectivity index (χ2n) is 7.27. The molecule has 0 radical (unpaired) electrons. The number of benzene rings is 3. The van der Waals surface area contributed by atoms with Crippen molar-refractivity contribution in [1.82, 2.24) is 0 Å². The Bertz CT molecular complexity index is 1100. The first kappa shape index (κ1) is 19.2. The van der Waals surface area contributed by atoms with E-state index < -0.39 is 20.4 Å². The van der Waals surface area contributed by atoms with E-state index in [-0.39, 0.29) is 4.90 Å². The third-order valence-electron chi connectivity index (χ3n) is 5.56. The molecule has 0 amide bonds. The fourth-order valence-corrected chi connectivity index (χ4v) is 6.53. The van der Waals surface area contributed by atoms with Crippen molar-refractivity contribution in [2.45, 2.75) is 35.3 Å². The molecule has 0 fully saturated rings. The van der Waals surface area contributed by atoms with Gasteiger partial charge in [0.15, 0.2) is 9.84 Å². The topological polar surface area (TPSA) is 34.1 Å². The lowest BCUT2D eigenvalue weighted by atomic mass is 9.78. The molecule has 0 N–H and O–H groups in total. The maximum Gasteiger partial charge on any atom is 0.188 e. The summed E-state index contributed by atoms with van der Waals surface area (Å²) in [5.41, 5.74) is 2.40. The van der Waals surface area contributed by atoms with Crippen LogP contribution in [0.2, 0.25) is 5.02 Å². The quantitative estimate of drug-likeness (QED) is 0.546.